The van der Waals surface area contributed by atoms with E-state index in [1.807, 2.05) is 13.8 Å². The van der Waals surface area contributed by atoms with Gasteiger partial charge in [0.2, 0.25) is 0 Å². The molecule has 4 heteroatoms. The summed E-state index contributed by atoms with van der Waals surface area (Å²) in [5.74, 6) is 4.10. The highest BCUT2D eigenvalue weighted by Gasteiger charge is 2.20. The summed E-state index contributed by atoms with van der Waals surface area (Å²) in [4.78, 5) is 11.5. The predicted octanol–water partition coefficient (Wildman–Crippen LogP) is 3.32. The highest BCUT2D eigenvalue weighted by molar-refractivity contribution is 6.30. The summed E-state index contributed by atoms with van der Waals surface area (Å²) in [6.07, 6.45) is 0. The number of nitrogens with one attached hydrogen (secondary N) is 1. The zero-order valence-corrected chi connectivity index (χ0v) is 11.3. The van der Waals surface area contributed by atoms with Crippen LogP contribution in [-0.4, -0.2) is 5.91 Å². The van der Waals surface area contributed by atoms with Crippen molar-refractivity contribution in [2.24, 2.45) is 5.92 Å². The van der Waals surface area contributed by atoms with Crippen molar-refractivity contribution in [3.8, 4) is 11.8 Å². The summed E-state index contributed by atoms with van der Waals surface area (Å²) < 4.78 is 13.8. The van der Waals surface area contributed by atoms with Crippen LogP contribution < -0.4 is 5.32 Å². The summed E-state index contributed by atoms with van der Waals surface area (Å²) in [5, 5.41) is 3.03. The molecule has 0 spiro atoms. The molecule has 1 aromatic rings. The lowest BCUT2D eigenvalue weighted by atomic mass is 9.95. The normalized spacial score (nSPS) is 11.7. The predicted molar refractivity (Wildman–Crippen MR) is 70.6 cm³/mol. The maximum Gasteiger partial charge on any atom is 0.296 e. The molecule has 1 N–H and O–H groups in total. The Bertz CT molecular complexity index is 502. The molecule has 0 aliphatic carbocycles. The third-order valence-corrected chi connectivity index (χ3v) is 2.72. The van der Waals surface area contributed by atoms with Gasteiger partial charge in [-0.05, 0) is 30.9 Å². The summed E-state index contributed by atoms with van der Waals surface area (Å²) in [6, 6.07) is 4.01. The van der Waals surface area contributed by atoms with Gasteiger partial charge in [0.05, 0.1) is 6.04 Å². The van der Waals surface area contributed by atoms with Gasteiger partial charge in [-0.25, -0.2) is 4.39 Å². The Balaban J connectivity index is 3.03. The maximum atomic E-state index is 13.8. The average Bonchev–Trinajstić information content (AvgIpc) is 2.27. The Morgan fingerprint density at radius 3 is 2.61 bits per heavy atom. The minimum Gasteiger partial charge on any atom is -0.338 e. The molecule has 1 unspecified atom stereocenters. The van der Waals surface area contributed by atoms with Gasteiger partial charge < -0.3 is 5.32 Å². The first-order valence-corrected chi connectivity index (χ1v) is 6.01. The Morgan fingerprint density at radius 2 is 2.11 bits per heavy atom. The summed E-state index contributed by atoms with van der Waals surface area (Å²) in [7, 11) is 0. The molecule has 0 heterocycles. The van der Waals surface area contributed by atoms with Crippen LogP contribution in [0.15, 0.2) is 18.2 Å². The molecule has 0 aromatic heterocycles. The minimum atomic E-state index is -0.425. The lowest BCUT2D eigenvalue weighted by Gasteiger charge is -2.22. The van der Waals surface area contributed by atoms with E-state index in [-0.39, 0.29) is 5.92 Å². The number of benzene rings is 1. The van der Waals surface area contributed by atoms with Crippen LogP contribution in [-0.2, 0) is 4.79 Å². The lowest BCUT2D eigenvalue weighted by Crippen LogP contribution is -2.31. The van der Waals surface area contributed by atoms with Crippen LogP contribution >= 0.6 is 11.6 Å². The minimum absolute atomic E-state index is 0.0447. The molecule has 0 fully saturated rings. The Kier molecular flexibility index (Phi) is 5.18. The Morgan fingerprint density at radius 1 is 1.44 bits per heavy atom. The largest absolute Gasteiger partial charge is 0.338 e. The highest BCUT2D eigenvalue weighted by atomic mass is 35.5. The zero-order valence-electron chi connectivity index (χ0n) is 10.6. The second kappa shape index (κ2) is 6.42. The zero-order chi connectivity index (χ0) is 13.7. The summed E-state index contributed by atoms with van der Waals surface area (Å²) in [5.41, 5.74) is 0.417. The molecule has 1 amide bonds. The molecule has 18 heavy (non-hydrogen) atoms. The molecular weight excluding hydrogens is 253 g/mol. The molecule has 0 bridgehead atoms. The number of carbonyl (C=O) groups excluding carboxylic acids is 1. The fourth-order valence-electron chi connectivity index (χ4n) is 1.65. The van der Waals surface area contributed by atoms with E-state index in [1.165, 1.54) is 6.07 Å². The van der Waals surface area contributed by atoms with Crippen molar-refractivity contribution in [3.05, 3.63) is 34.6 Å². The smallest absolute Gasteiger partial charge is 0.296 e. The van der Waals surface area contributed by atoms with Gasteiger partial charge in [-0.1, -0.05) is 37.4 Å². The van der Waals surface area contributed by atoms with E-state index in [9.17, 15) is 9.18 Å². The van der Waals surface area contributed by atoms with Crippen LogP contribution in [0.25, 0.3) is 0 Å². The molecule has 1 aromatic carbocycles. The number of amides is 1. The van der Waals surface area contributed by atoms with E-state index in [0.29, 0.717) is 10.6 Å². The van der Waals surface area contributed by atoms with Crippen LogP contribution in [0.1, 0.15) is 32.4 Å². The average molecular weight is 268 g/mol. The van der Waals surface area contributed by atoms with Crippen LogP contribution in [0.4, 0.5) is 4.39 Å². The third kappa shape index (κ3) is 3.75. The van der Waals surface area contributed by atoms with Gasteiger partial charge in [0.25, 0.3) is 5.91 Å². The second-order valence-corrected chi connectivity index (χ2v) is 4.67. The van der Waals surface area contributed by atoms with Crippen molar-refractivity contribution >= 4 is 17.5 Å². The lowest BCUT2D eigenvalue weighted by molar-refractivity contribution is -0.116. The van der Waals surface area contributed by atoms with Crippen molar-refractivity contribution in [1.29, 1.82) is 0 Å². The number of halogens is 2. The molecular formula is C14H15ClFNO. The fraction of sp³-hybridized carbons (Fsp3) is 0.357. The molecule has 0 saturated heterocycles. The first-order chi connectivity index (χ1) is 8.45. The standard InChI is InChI=1S/C14H15ClFNO/c1-4-5-13(18)17-14(9(2)3)11-7-6-10(15)8-12(11)16/h6-9,14H,1-3H3,(H,17,18). The Hall–Kier alpha value is -1.53. The van der Waals surface area contributed by atoms with Gasteiger partial charge in [-0.2, -0.15) is 0 Å². The van der Waals surface area contributed by atoms with E-state index in [4.69, 9.17) is 11.6 Å². The highest BCUT2D eigenvalue weighted by Crippen LogP contribution is 2.26. The van der Waals surface area contributed by atoms with Gasteiger partial charge in [-0.3, -0.25) is 4.79 Å². The number of hydrogen-bond acceptors (Lipinski definition) is 1. The molecule has 1 rings (SSSR count). The number of rotatable bonds is 3. The second-order valence-electron chi connectivity index (χ2n) is 4.24. The molecule has 2 nitrogen and oxygen atoms in total. The van der Waals surface area contributed by atoms with Crippen LogP contribution in [0.3, 0.4) is 0 Å². The molecule has 0 aliphatic rings. The molecule has 96 valence electrons. The topological polar surface area (TPSA) is 29.1 Å². The van der Waals surface area contributed by atoms with E-state index >= 15 is 0 Å². The first kappa shape index (κ1) is 14.5. The maximum absolute atomic E-state index is 13.8. The van der Waals surface area contributed by atoms with Crippen LogP contribution in [0.5, 0.6) is 0 Å². The van der Waals surface area contributed by atoms with E-state index in [2.05, 4.69) is 17.2 Å². The van der Waals surface area contributed by atoms with Gasteiger partial charge in [0, 0.05) is 10.6 Å². The van der Waals surface area contributed by atoms with Crippen molar-refractivity contribution in [1.82, 2.24) is 5.32 Å². The molecule has 1 atom stereocenters. The quantitative estimate of drug-likeness (QED) is 0.837. The molecule has 0 aliphatic heterocycles. The Labute approximate surface area is 112 Å². The van der Waals surface area contributed by atoms with Crippen molar-refractivity contribution in [3.63, 3.8) is 0 Å². The van der Waals surface area contributed by atoms with E-state index in [0.717, 1.165) is 0 Å². The van der Waals surface area contributed by atoms with Gasteiger partial charge >= 0.3 is 0 Å². The summed E-state index contributed by atoms with van der Waals surface area (Å²) in [6.45, 7) is 5.38. The number of carbonyl (C=O) groups is 1. The van der Waals surface area contributed by atoms with Crippen molar-refractivity contribution < 1.29 is 9.18 Å². The number of hydrogen-bond donors (Lipinski definition) is 1. The van der Waals surface area contributed by atoms with Crippen molar-refractivity contribution in [2.45, 2.75) is 26.8 Å². The van der Waals surface area contributed by atoms with Crippen molar-refractivity contribution in [2.75, 3.05) is 0 Å². The van der Waals surface area contributed by atoms with E-state index < -0.39 is 17.8 Å². The summed E-state index contributed by atoms with van der Waals surface area (Å²) >= 11 is 5.71. The van der Waals surface area contributed by atoms with Crippen LogP contribution in [0.2, 0.25) is 5.02 Å². The molecule has 0 radical (unpaired) electrons. The van der Waals surface area contributed by atoms with Gasteiger partial charge in [0.1, 0.15) is 5.82 Å². The molecule has 0 saturated carbocycles. The van der Waals surface area contributed by atoms with Gasteiger partial charge in [-0.15, -0.1) is 0 Å². The van der Waals surface area contributed by atoms with Crippen LogP contribution in [0, 0.1) is 23.6 Å². The van der Waals surface area contributed by atoms with Gasteiger partial charge in [0.15, 0.2) is 0 Å². The monoisotopic (exact) mass is 267 g/mol. The van der Waals surface area contributed by atoms with E-state index in [1.54, 1.807) is 19.1 Å². The first-order valence-electron chi connectivity index (χ1n) is 5.64. The third-order valence-electron chi connectivity index (χ3n) is 2.49. The fourth-order valence-corrected chi connectivity index (χ4v) is 1.81. The SMILES string of the molecule is CC#CC(=O)NC(c1ccc(Cl)cc1F)C(C)C.